The Hall–Kier alpha value is -0.600. The van der Waals surface area contributed by atoms with Crippen molar-refractivity contribution in [1.82, 2.24) is 0 Å². The van der Waals surface area contributed by atoms with E-state index in [1.807, 2.05) is 0 Å². The largest absolute Gasteiger partial charge is 0.381 e. The van der Waals surface area contributed by atoms with Crippen LogP contribution in [0.2, 0.25) is 0 Å². The molecule has 0 atom stereocenters. The molecule has 0 unspecified atom stereocenters. The third-order valence-electron chi connectivity index (χ3n) is 1.30. The zero-order chi connectivity index (χ0) is 9.07. The van der Waals surface area contributed by atoms with E-state index >= 15 is 0 Å². The van der Waals surface area contributed by atoms with Crippen molar-refractivity contribution in [3.63, 3.8) is 0 Å². The summed E-state index contributed by atoms with van der Waals surface area (Å²) in [6.45, 7) is 10.2. The maximum absolute atomic E-state index is 4.94. The average Bonchev–Trinajstić information content (AvgIpc) is 2.62. The Morgan fingerprint density at radius 3 is 1.83 bits per heavy atom. The van der Waals surface area contributed by atoms with Crippen LogP contribution in [0.1, 0.15) is 12.8 Å². The zero-order valence-corrected chi connectivity index (χ0v) is 7.63. The fourth-order valence-corrected chi connectivity index (χ4v) is 0.745. The van der Waals surface area contributed by atoms with Crippen molar-refractivity contribution < 1.29 is 9.47 Å². The predicted molar refractivity (Wildman–Crippen MR) is 51.3 cm³/mol. The van der Waals surface area contributed by atoms with Crippen LogP contribution in [-0.2, 0) is 9.47 Å². The average molecular weight is 170 g/mol. The van der Waals surface area contributed by atoms with Gasteiger partial charge in [-0.15, -0.1) is 13.2 Å². The van der Waals surface area contributed by atoms with E-state index in [2.05, 4.69) is 13.2 Å². The van der Waals surface area contributed by atoms with Crippen molar-refractivity contribution in [2.24, 2.45) is 0 Å². The number of hydrogen-bond donors (Lipinski definition) is 0. The van der Waals surface area contributed by atoms with E-state index in [4.69, 9.17) is 9.47 Å². The van der Waals surface area contributed by atoms with E-state index in [-0.39, 0.29) is 0 Å². The van der Waals surface area contributed by atoms with Gasteiger partial charge in [0.2, 0.25) is 0 Å². The fraction of sp³-hybridized carbons (Fsp3) is 0.600. The van der Waals surface area contributed by atoms with Gasteiger partial charge in [-0.3, -0.25) is 0 Å². The maximum atomic E-state index is 4.94. The van der Waals surface area contributed by atoms with E-state index in [9.17, 15) is 0 Å². The van der Waals surface area contributed by atoms with Crippen molar-refractivity contribution in [3.8, 4) is 0 Å². The Morgan fingerprint density at radius 2 is 1.58 bits per heavy atom. The second-order valence-corrected chi connectivity index (χ2v) is 2.43. The van der Waals surface area contributed by atoms with Crippen molar-refractivity contribution in [2.75, 3.05) is 26.4 Å². The second kappa shape index (κ2) is 10.4. The van der Waals surface area contributed by atoms with Crippen molar-refractivity contribution >= 4 is 0 Å². The van der Waals surface area contributed by atoms with Gasteiger partial charge in [-0.1, -0.05) is 12.2 Å². The van der Waals surface area contributed by atoms with Crippen LogP contribution in [0.4, 0.5) is 0 Å². The molecule has 0 aromatic rings. The molecular formula is C10H18O2. The third kappa shape index (κ3) is 9.40. The van der Waals surface area contributed by atoms with Crippen molar-refractivity contribution in [2.45, 2.75) is 12.8 Å². The van der Waals surface area contributed by atoms with Gasteiger partial charge in [0.25, 0.3) is 0 Å². The highest BCUT2D eigenvalue weighted by molar-refractivity contribution is 4.68. The number of hydrogen-bond acceptors (Lipinski definition) is 2. The molecular weight excluding hydrogens is 152 g/mol. The van der Waals surface area contributed by atoms with Gasteiger partial charge >= 0.3 is 0 Å². The summed E-state index contributed by atoms with van der Waals surface area (Å²) >= 11 is 0. The molecule has 70 valence electrons. The molecule has 0 aliphatic carbocycles. The molecule has 0 N–H and O–H groups in total. The fourth-order valence-electron chi connectivity index (χ4n) is 0.745. The minimum Gasteiger partial charge on any atom is -0.381 e. The Balaban J connectivity index is 0.000000211. The molecule has 2 nitrogen and oxygen atoms in total. The summed E-state index contributed by atoms with van der Waals surface area (Å²) in [5.41, 5.74) is 0. The van der Waals surface area contributed by atoms with Gasteiger partial charge in [0.1, 0.15) is 0 Å². The van der Waals surface area contributed by atoms with Crippen LogP contribution in [0, 0.1) is 0 Å². The van der Waals surface area contributed by atoms with E-state index in [0.29, 0.717) is 13.2 Å². The monoisotopic (exact) mass is 170 g/mol. The molecule has 0 amide bonds. The molecule has 0 radical (unpaired) electrons. The first kappa shape index (κ1) is 11.4. The van der Waals surface area contributed by atoms with E-state index < -0.39 is 0 Å². The molecule has 1 rings (SSSR count). The quantitative estimate of drug-likeness (QED) is 0.475. The van der Waals surface area contributed by atoms with Gasteiger partial charge in [0.05, 0.1) is 13.2 Å². The molecule has 0 spiro atoms. The van der Waals surface area contributed by atoms with Crippen LogP contribution < -0.4 is 0 Å². The van der Waals surface area contributed by atoms with Crippen LogP contribution in [0.25, 0.3) is 0 Å². The lowest BCUT2D eigenvalue weighted by atomic mass is 10.4. The van der Waals surface area contributed by atoms with Crippen molar-refractivity contribution in [1.29, 1.82) is 0 Å². The SMILES string of the molecule is C1CCOC1.C=CCOCC=C. The lowest BCUT2D eigenvalue weighted by molar-refractivity contribution is 0.194. The van der Waals surface area contributed by atoms with Crippen LogP contribution in [0.5, 0.6) is 0 Å². The van der Waals surface area contributed by atoms with Gasteiger partial charge in [0, 0.05) is 13.2 Å². The molecule has 12 heavy (non-hydrogen) atoms. The minimum atomic E-state index is 0.617. The molecule has 0 saturated carbocycles. The zero-order valence-electron chi connectivity index (χ0n) is 7.63. The van der Waals surface area contributed by atoms with Crippen LogP contribution in [0.15, 0.2) is 25.3 Å². The van der Waals surface area contributed by atoms with Gasteiger partial charge in [-0.2, -0.15) is 0 Å². The Labute approximate surface area is 74.9 Å². The summed E-state index contributed by atoms with van der Waals surface area (Å²) in [4.78, 5) is 0. The minimum absolute atomic E-state index is 0.617. The van der Waals surface area contributed by atoms with E-state index in [0.717, 1.165) is 13.2 Å². The lowest BCUT2D eigenvalue weighted by Gasteiger charge is -1.89. The highest BCUT2D eigenvalue weighted by atomic mass is 16.5. The smallest absolute Gasteiger partial charge is 0.0649 e. The van der Waals surface area contributed by atoms with Gasteiger partial charge in [-0.25, -0.2) is 0 Å². The third-order valence-corrected chi connectivity index (χ3v) is 1.30. The molecule has 0 aromatic heterocycles. The molecule has 0 bridgehead atoms. The Morgan fingerprint density at radius 1 is 1.08 bits per heavy atom. The summed E-state index contributed by atoms with van der Waals surface area (Å²) in [6, 6.07) is 0. The summed E-state index contributed by atoms with van der Waals surface area (Å²) in [5, 5.41) is 0. The molecule has 1 heterocycles. The summed E-state index contributed by atoms with van der Waals surface area (Å²) in [7, 11) is 0. The Kier molecular flexibility index (Phi) is 9.88. The topological polar surface area (TPSA) is 18.5 Å². The van der Waals surface area contributed by atoms with Gasteiger partial charge in [-0.05, 0) is 12.8 Å². The molecule has 0 aromatic carbocycles. The second-order valence-electron chi connectivity index (χ2n) is 2.43. The predicted octanol–water partition coefficient (Wildman–Crippen LogP) is 2.17. The Bertz CT molecular complexity index is 90.8. The first-order chi connectivity index (χ1) is 5.91. The van der Waals surface area contributed by atoms with Crippen LogP contribution >= 0.6 is 0 Å². The van der Waals surface area contributed by atoms with Crippen LogP contribution in [0.3, 0.4) is 0 Å². The van der Waals surface area contributed by atoms with E-state index in [1.165, 1.54) is 12.8 Å². The molecule has 1 aliphatic rings. The van der Waals surface area contributed by atoms with Crippen LogP contribution in [-0.4, -0.2) is 26.4 Å². The summed E-state index contributed by atoms with van der Waals surface area (Å²) in [5.74, 6) is 0. The summed E-state index contributed by atoms with van der Waals surface area (Å²) in [6.07, 6.45) is 5.98. The first-order valence-electron chi connectivity index (χ1n) is 4.29. The number of ether oxygens (including phenoxy) is 2. The number of rotatable bonds is 4. The normalized spacial score (nSPS) is 14.7. The maximum Gasteiger partial charge on any atom is 0.0649 e. The standard InChI is InChI=1S/C6H10O.C4H8O/c1-3-5-7-6-4-2;1-2-4-5-3-1/h3-4H,1-2,5-6H2;1-4H2. The highest BCUT2D eigenvalue weighted by Gasteiger charge is 1.94. The van der Waals surface area contributed by atoms with Gasteiger partial charge < -0.3 is 9.47 Å². The molecule has 1 saturated heterocycles. The highest BCUT2D eigenvalue weighted by Crippen LogP contribution is 1.98. The molecule has 1 aliphatic heterocycles. The summed E-state index contributed by atoms with van der Waals surface area (Å²) < 4.78 is 9.84. The molecule has 1 fully saturated rings. The first-order valence-corrected chi connectivity index (χ1v) is 4.29. The molecule has 2 heteroatoms. The van der Waals surface area contributed by atoms with E-state index in [1.54, 1.807) is 12.2 Å². The lowest BCUT2D eigenvalue weighted by Crippen LogP contribution is -1.87. The van der Waals surface area contributed by atoms with Gasteiger partial charge in [0.15, 0.2) is 0 Å². The van der Waals surface area contributed by atoms with Crippen molar-refractivity contribution in [3.05, 3.63) is 25.3 Å².